The van der Waals surface area contributed by atoms with Gasteiger partial charge in [-0.1, -0.05) is 127 Å². The number of nitrogens with two attached hydrogens (primary N) is 1. The number of benzene rings is 8. The number of hydrogen-bond donors (Lipinski definition) is 5. The number of sulfone groups is 6. The Balaban J connectivity index is 0.000000348. The molecule has 0 saturated carbocycles. The number of aldehydes is 1. The number of aliphatic hydroxyl groups is 1. The fraction of sp³-hybridized carbons (Fsp3) is 0.219. The van der Waals surface area contributed by atoms with E-state index in [4.69, 9.17) is 30.2 Å². The Morgan fingerprint density at radius 3 is 1.17 bits per heavy atom. The highest BCUT2D eigenvalue weighted by atomic mass is 32.2. The number of rotatable bonds is 23. The van der Waals surface area contributed by atoms with Crippen LogP contribution in [0.25, 0.3) is 6.08 Å². The highest BCUT2D eigenvalue weighted by Crippen LogP contribution is 2.19. The summed E-state index contributed by atoms with van der Waals surface area (Å²) in [6, 6.07) is 52.3. The minimum absolute atomic E-state index is 0.0207. The van der Waals surface area contributed by atoms with Gasteiger partial charge in [0, 0.05) is 49.5 Å². The van der Waals surface area contributed by atoms with E-state index in [0.717, 1.165) is 54.7 Å². The van der Waals surface area contributed by atoms with Crippen LogP contribution in [-0.4, -0.2) is 174 Å². The van der Waals surface area contributed by atoms with Gasteiger partial charge in [0.1, 0.15) is 37.3 Å². The summed E-state index contributed by atoms with van der Waals surface area (Å²) in [6.07, 6.45) is 7.23. The van der Waals surface area contributed by atoms with Crippen LogP contribution in [-0.2, 0) is 130 Å². The Morgan fingerprint density at radius 1 is 0.417 bits per heavy atom. The number of aliphatic hydroxyl groups excluding tert-OH is 1. The highest BCUT2D eigenvalue weighted by Gasteiger charge is 2.24. The van der Waals surface area contributed by atoms with Crippen LogP contribution in [0.2, 0.25) is 0 Å². The molecule has 8 aromatic rings. The third-order valence-electron chi connectivity index (χ3n) is 13.9. The lowest BCUT2D eigenvalue weighted by Gasteiger charge is -2.17. The predicted molar refractivity (Wildman–Crippen MR) is 398 cm³/mol. The van der Waals surface area contributed by atoms with Crippen molar-refractivity contribution in [3.8, 4) is 0 Å². The van der Waals surface area contributed by atoms with Crippen LogP contribution in [0, 0.1) is 0 Å². The normalized spacial score (nSPS) is 11.8. The SMILES string of the molecule is COC(=O)/C(=C/c1cccc(S(C)(=O)=O)c1)NC(=O)OCc1ccccc1.COC(=O)[C@@H](N)Cc1cccc(S(C)(=O)=O)c1.COC(=O)[C@H](Cc1cccc(S(C)(=O)=O)c1)NC(=O)OCc1ccccc1.CS(=O)(=O)c1cccc(C(=O)O)c1.CS(=O)(=O)c1cccc(C=O)c1.CS(=O)(=O)c1cccc(CO)c1. The van der Waals surface area contributed by atoms with Crippen molar-refractivity contribution in [3.05, 3.63) is 256 Å². The molecule has 0 aliphatic rings. The van der Waals surface area contributed by atoms with Crippen molar-refractivity contribution in [1.29, 1.82) is 0 Å². The zero-order chi connectivity index (χ0) is 81.2. The van der Waals surface area contributed by atoms with Gasteiger partial charge in [-0.2, -0.15) is 0 Å². The van der Waals surface area contributed by atoms with E-state index in [1.54, 1.807) is 66.7 Å². The topological polar surface area (TPSA) is 461 Å². The maximum absolute atomic E-state index is 12.0. The second-order valence-corrected chi connectivity index (χ2v) is 35.0. The molecule has 0 unspecified atom stereocenters. The molecule has 108 heavy (non-hydrogen) atoms. The van der Waals surface area contributed by atoms with E-state index >= 15 is 0 Å². The molecule has 2 amide bonds. The van der Waals surface area contributed by atoms with Gasteiger partial charge >= 0.3 is 36.1 Å². The number of nitrogens with one attached hydrogen (secondary N) is 2. The van der Waals surface area contributed by atoms with Crippen LogP contribution < -0.4 is 16.4 Å². The number of carbonyl (C=O) groups excluding carboxylic acids is 6. The van der Waals surface area contributed by atoms with Gasteiger partial charge in [0.2, 0.25) is 0 Å². The lowest BCUT2D eigenvalue weighted by Crippen LogP contribution is -2.43. The zero-order valence-electron chi connectivity index (χ0n) is 59.7. The van der Waals surface area contributed by atoms with Crippen LogP contribution in [0.15, 0.2) is 241 Å². The zero-order valence-corrected chi connectivity index (χ0v) is 64.6. The van der Waals surface area contributed by atoms with E-state index < -0.39 is 107 Å². The van der Waals surface area contributed by atoms with E-state index in [-0.39, 0.29) is 73.3 Å². The van der Waals surface area contributed by atoms with E-state index in [1.807, 2.05) is 48.5 Å². The van der Waals surface area contributed by atoms with Gasteiger partial charge in [-0.05, 0) is 125 Å². The van der Waals surface area contributed by atoms with Crippen molar-refractivity contribution in [3.63, 3.8) is 0 Å². The standard InChI is InChI=1S/C19H21NO6S.C19H19NO6S.C11H15NO4S.C8H8O4S.C8H10O3S.C8H8O3S/c2*1-25-18(21)17(12-15-9-6-10-16(11-15)27(2,23)24)20-19(22)26-13-14-7-4-3-5-8-14;1-16-11(13)10(12)7-8-4-3-5-9(6-8)17(2,14)15;1-13(11,12)7-4-2-3-6(5-7)8(9)10;2*1-12(10,11)8-4-2-3-7(5-8)6-9/h3-11,17H,12-13H2,1-2H3,(H,20,22);3-12H,13H2,1-2H3,(H,20,22);3-6,10H,7,12H2,1-2H3;2-5H,1H3,(H,9,10);2-5,9H,6H2,1H3;2-6H,1H3/b;17-12-;;;;/t17-;;10-;;;/m0.0.../s1. The summed E-state index contributed by atoms with van der Waals surface area (Å²) in [5, 5.41) is 22.1. The molecule has 0 aliphatic carbocycles. The van der Waals surface area contributed by atoms with Gasteiger partial charge in [0.25, 0.3) is 0 Å². The van der Waals surface area contributed by atoms with Crippen LogP contribution in [0.3, 0.4) is 0 Å². The molecule has 0 fully saturated rings. The lowest BCUT2D eigenvalue weighted by molar-refractivity contribution is -0.143. The predicted octanol–water partition coefficient (Wildman–Crippen LogP) is 7.04. The Hall–Kier alpha value is -10.8. The molecule has 8 rings (SSSR count). The highest BCUT2D eigenvalue weighted by molar-refractivity contribution is 7.92. The lowest BCUT2D eigenvalue weighted by atomic mass is 10.1. The van der Waals surface area contributed by atoms with Gasteiger partial charge in [0.05, 0.1) is 62.9 Å². The van der Waals surface area contributed by atoms with Crippen molar-refractivity contribution < 1.29 is 118 Å². The number of carboxylic acids is 1. The third-order valence-corrected chi connectivity index (χ3v) is 20.6. The third kappa shape index (κ3) is 34.2. The number of methoxy groups -OCH3 is 3. The van der Waals surface area contributed by atoms with Gasteiger partial charge < -0.3 is 44.9 Å². The number of aromatic carboxylic acids is 1. The molecule has 0 saturated heterocycles. The Bertz CT molecular complexity index is 5180. The van der Waals surface area contributed by atoms with Crippen LogP contribution in [0.4, 0.5) is 9.59 Å². The minimum atomic E-state index is -3.41. The average molecular weight is 1610 g/mol. The first-order valence-electron chi connectivity index (χ1n) is 31.1. The minimum Gasteiger partial charge on any atom is -0.478 e. The monoisotopic (exact) mass is 1610 g/mol. The number of amides is 2. The molecule has 0 spiro atoms. The van der Waals surface area contributed by atoms with Gasteiger partial charge in [-0.3, -0.25) is 14.9 Å². The van der Waals surface area contributed by atoms with Gasteiger partial charge in [0.15, 0.2) is 59.0 Å². The van der Waals surface area contributed by atoms with E-state index in [0.29, 0.717) is 34.1 Å². The molecule has 29 nitrogen and oxygen atoms in total. The Labute approximate surface area is 627 Å². The number of carboxylic acid groups (broad SMARTS) is 1. The number of esters is 3. The van der Waals surface area contributed by atoms with Crippen LogP contribution in [0.1, 0.15) is 54.1 Å². The van der Waals surface area contributed by atoms with Crippen LogP contribution >= 0.6 is 0 Å². The summed E-state index contributed by atoms with van der Waals surface area (Å²) in [7, 11) is -16.1. The summed E-state index contributed by atoms with van der Waals surface area (Å²) in [5.74, 6) is -3.10. The fourth-order valence-corrected chi connectivity index (χ4v) is 12.5. The summed E-state index contributed by atoms with van der Waals surface area (Å²) < 4.78 is 159. The molecule has 0 bridgehead atoms. The number of ether oxygens (including phenoxy) is 5. The smallest absolute Gasteiger partial charge is 0.412 e. The summed E-state index contributed by atoms with van der Waals surface area (Å²) in [5.41, 5.74) is 9.63. The Morgan fingerprint density at radius 2 is 0.769 bits per heavy atom. The number of alkyl carbamates (subject to hydrolysis) is 2. The summed E-state index contributed by atoms with van der Waals surface area (Å²) >= 11 is 0. The van der Waals surface area contributed by atoms with Crippen molar-refractivity contribution in [2.75, 3.05) is 58.9 Å². The molecule has 0 aromatic heterocycles. The molecule has 8 aromatic carbocycles. The maximum atomic E-state index is 12.0. The fourth-order valence-electron chi connectivity index (χ4n) is 8.45. The van der Waals surface area contributed by atoms with Crippen molar-refractivity contribution in [2.45, 2.75) is 74.1 Å². The first-order chi connectivity index (χ1) is 50.4. The summed E-state index contributed by atoms with van der Waals surface area (Å²) in [6.45, 7) is -0.0435. The van der Waals surface area contributed by atoms with Crippen molar-refractivity contribution >= 4 is 107 Å². The second-order valence-electron chi connectivity index (χ2n) is 22.9. The first kappa shape index (κ1) is 91.4. The number of hydrogen-bond acceptors (Lipinski definition) is 26. The molecule has 0 radical (unpaired) electrons. The van der Waals surface area contributed by atoms with E-state index in [2.05, 4.69) is 20.1 Å². The van der Waals surface area contributed by atoms with Crippen molar-refractivity contribution in [2.24, 2.45) is 5.73 Å². The average Bonchev–Trinajstić information content (AvgIpc) is 0.857. The quantitative estimate of drug-likeness (QED) is 0.0185. The molecule has 35 heteroatoms. The van der Waals surface area contributed by atoms with Crippen LogP contribution in [0.5, 0.6) is 0 Å². The summed E-state index contributed by atoms with van der Waals surface area (Å²) in [4.78, 5) is 80.7. The molecular formula is C73H81N3O26S6. The molecule has 2 atom stereocenters. The number of carbonyl (C=O) groups is 7. The second kappa shape index (κ2) is 43.1. The molecular weight excluding hydrogens is 1530 g/mol. The largest absolute Gasteiger partial charge is 0.478 e. The van der Waals surface area contributed by atoms with E-state index in [1.165, 1.54) is 112 Å². The maximum Gasteiger partial charge on any atom is 0.412 e. The molecule has 0 aliphatic heterocycles. The molecule has 580 valence electrons. The van der Waals surface area contributed by atoms with Gasteiger partial charge in [-0.25, -0.2) is 74.5 Å². The Kier molecular flexibility index (Phi) is 36.5. The first-order valence-corrected chi connectivity index (χ1v) is 42.5. The van der Waals surface area contributed by atoms with E-state index in [9.17, 15) is 84.1 Å². The molecule has 6 N–H and O–H groups in total. The molecule has 0 heterocycles. The van der Waals surface area contributed by atoms with Gasteiger partial charge in [-0.15, -0.1) is 0 Å². The van der Waals surface area contributed by atoms with Crippen molar-refractivity contribution in [1.82, 2.24) is 10.6 Å².